The van der Waals surface area contributed by atoms with Crippen LogP contribution in [0.2, 0.25) is 0 Å². The highest BCUT2D eigenvalue weighted by Crippen LogP contribution is 2.26. The van der Waals surface area contributed by atoms with Crippen molar-refractivity contribution in [3.63, 3.8) is 0 Å². The fourth-order valence-electron chi connectivity index (χ4n) is 2.38. The zero-order valence-corrected chi connectivity index (χ0v) is 11.9. The first-order valence-electron chi connectivity index (χ1n) is 7.16. The van der Waals surface area contributed by atoms with Crippen LogP contribution in [0.15, 0.2) is 24.3 Å². The lowest BCUT2D eigenvalue weighted by Crippen LogP contribution is -2.45. The molecular weight excluding hydrogens is 270 g/mol. The van der Waals surface area contributed by atoms with Gasteiger partial charge in [-0.3, -0.25) is 4.79 Å². The van der Waals surface area contributed by atoms with Gasteiger partial charge in [0.1, 0.15) is 0 Å². The van der Waals surface area contributed by atoms with Gasteiger partial charge in [0.15, 0.2) is 0 Å². The lowest BCUT2D eigenvalue weighted by atomic mass is 9.91. The molecule has 1 aromatic rings. The highest BCUT2D eigenvalue weighted by Gasteiger charge is 2.28. The number of nitrogens with one attached hydrogen (secondary N) is 1. The largest absolute Gasteiger partial charge is 0.395 e. The molecule has 0 unspecified atom stereocenters. The summed E-state index contributed by atoms with van der Waals surface area (Å²) in [6.07, 6.45) is 3.15. The van der Waals surface area contributed by atoms with Gasteiger partial charge in [0.2, 0.25) is 0 Å². The lowest BCUT2D eigenvalue weighted by Gasteiger charge is -2.37. The second kappa shape index (κ2) is 7.08. The van der Waals surface area contributed by atoms with E-state index in [0.717, 1.165) is 24.8 Å². The van der Waals surface area contributed by atoms with Gasteiger partial charge in [-0.15, -0.1) is 0 Å². The first-order chi connectivity index (χ1) is 10.1. The predicted octanol–water partition coefficient (Wildman–Crippen LogP) is 0.842. The van der Waals surface area contributed by atoms with Crippen LogP contribution in [0.1, 0.15) is 35.2 Å². The van der Waals surface area contributed by atoms with Gasteiger partial charge in [0, 0.05) is 24.7 Å². The molecule has 6 heteroatoms. The average molecular weight is 291 g/mol. The molecule has 0 heterocycles. The zero-order chi connectivity index (χ0) is 15.2. The number of primary amides is 1. The third-order valence-electron chi connectivity index (χ3n) is 3.78. The number of carbonyl (C=O) groups is 2. The van der Waals surface area contributed by atoms with Crippen molar-refractivity contribution >= 4 is 11.9 Å². The summed E-state index contributed by atoms with van der Waals surface area (Å²) in [5.41, 5.74) is 6.49. The van der Waals surface area contributed by atoms with Gasteiger partial charge in [-0.25, -0.2) is 4.79 Å². The van der Waals surface area contributed by atoms with Crippen molar-refractivity contribution in [1.82, 2.24) is 10.2 Å². The Balaban J connectivity index is 2.02. The van der Waals surface area contributed by atoms with Gasteiger partial charge in [0.05, 0.1) is 6.61 Å². The highest BCUT2D eigenvalue weighted by molar-refractivity contribution is 5.94. The van der Waals surface area contributed by atoms with Crippen molar-refractivity contribution in [2.45, 2.75) is 31.8 Å². The maximum Gasteiger partial charge on any atom is 0.312 e. The molecule has 2 rings (SSSR count). The Morgan fingerprint density at radius 2 is 1.95 bits per heavy atom. The van der Waals surface area contributed by atoms with E-state index in [9.17, 15) is 9.59 Å². The molecule has 0 saturated heterocycles. The van der Waals surface area contributed by atoms with Gasteiger partial charge < -0.3 is 21.1 Å². The highest BCUT2D eigenvalue weighted by atomic mass is 16.3. The maximum atomic E-state index is 12.5. The van der Waals surface area contributed by atoms with Crippen LogP contribution in [0.5, 0.6) is 0 Å². The quantitative estimate of drug-likeness (QED) is 0.724. The molecule has 0 aromatic heterocycles. The SMILES string of the molecule is NC(=O)NCc1ccc(C(=O)N(CCO)C2CCC2)cc1. The van der Waals surface area contributed by atoms with E-state index in [0.29, 0.717) is 18.7 Å². The van der Waals surface area contributed by atoms with E-state index in [4.69, 9.17) is 10.8 Å². The molecule has 21 heavy (non-hydrogen) atoms. The monoisotopic (exact) mass is 291 g/mol. The third kappa shape index (κ3) is 3.95. The topological polar surface area (TPSA) is 95.7 Å². The molecule has 4 N–H and O–H groups in total. The Hall–Kier alpha value is -2.08. The molecule has 0 spiro atoms. The minimum atomic E-state index is -0.575. The number of hydrogen-bond acceptors (Lipinski definition) is 3. The summed E-state index contributed by atoms with van der Waals surface area (Å²) in [7, 11) is 0. The number of urea groups is 1. The van der Waals surface area contributed by atoms with Crippen molar-refractivity contribution in [2.75, 3.05) is 13.2 Å². The van der Waals surface area contributed by atoms with Gasteiger partial charge in [-0.1, -0.05) is 12.1 Å². The number of nitrogens with two attached hydrogens (primary N) is 1. The fraction of sp³-hybridized carbons (Fsp3) is 0.467. The molecule has 0 aliphatic heterocycles. The van der Waals surface area contributed by atoms with E-state index in [2.05, 4.69) is 5.32 Å². The summed E-state index contributed by atoms with van der Waals surface area (Å²) >= 11 is 0. The molecular formula is C15H21N3O3. The van der Waals surface area contributed by atoms with Crippen molar-refractivity contribution in [1.29, 1.82) is 0 Å². The van der Waals surface area contributed by atoms with E-state index in [1.165, 1.54) is 0 Å². The number of rotatable bonds is 6. The smallest absolute Gasteiger partial charge is 0.312 e. The lowest BCUT2D eigenvalue weighted by molar-refractivity contribution is 0.0526. The van der Waals surface area contributed by atoms with E-state index < -0.39 is 6.03 Å². The third-order valence-corrected chi connectivity index (χ3v) is 3.78. The van der Waals surface area contributed by atoms with Crippen LogP contribution in [0.25, 0.3) is 0 Å². The van der Waals surface area contributed by atoms with Crippen molar-refractivity contribution in [3.8, 4) is 0 Å². The Morgan fingerprint density at radius 3 is 2.43 bits per heavy atom. The molecule has 6 nitrogen and oxygen atoms in total. The van der Waals surface area contributed by atoms with Gasteiger partial charge >= 0.3 is 6.03 Å². The van der Waals surface area contributed by atoms with Gasteiger partial charge in [-0.2, -0.15) is 0 Å². The van der Waals surface area contributed by atoms with Gasteiger partial charge in [-0.05, 0) is 37.0 Å². The average Bonchev–Trinajstić information content (AvgIpc) is 2.42. The van der Waals surface area contributed by atoms with Crippen LogP contribution in [0.3, 0.4) is 0 Å². The Labute approximate surface area is 123 Å². The second-order valence-corrected chi connectivity index (χ2v) is 5.22. The molecule has 114 valence electrons. The number of hydrogen-bond donors (Lipinski definition) is 3. The normalized spacial score (nSPS) is 14.3. The maximum absolute atomic E-state index is 12.5. The predicted molar refractivity (Wildman–Crippen MR) is 78.6 cm³/mol. The van der Waals surface area contributed by atoms with E-state index in [-0.39, 0.29) is 18.6 Å². The summed E-state index contributed by atoms with van der Waals surface area (Å²) in [6.45, 7) is 0.685. The van der Waals surface area contributed by atoms with Crippen LogP contribution < -0.4 is 11.1 Å². The number of nitrogens with zero attached hydrogens (tertiary/aromatic N) is 1. The number of amides is 3. The molecule has 1 aromatic carbocycles. The Morgan fingerprint density at radius 1 is 1.29 bits per heavy atom. The Kier molecular flexibility index (Phi) is 5.16. The Bertz CT molecular complexity index is 497. The van der Waals surface area contributed by atoms with Gasteiger partial charge in [0.25, 0.3) is 5.91 Å². The van der Waals surface area contributed by atoms with E-state index in [1.54, 1.807) is 29.2 Å². The van der Waals surface area contributed by atoms with Crippen LogP contribution in [0, 0.1) is 0 Å². The minimum Gasteiger partial charge on any atom is -0.395 e. The standard InChI is InChI=1S/C15H21N3O3/c16-15(21)17-10-11-4-6-12(7-5-11)14(20)18(8-9-19)13-2-1-3-13/h4-7,13,19H,1-3,8-10H2,(H3,16,17,21). The summed E-state index contributed by atoms with van der Waals surface area (Å²) in [5.74, 6) is -0.0526. The minimum absolute atomic E-state index is 0.0249. The molecule has 1 fully saturated rings. The summed E-state index contributed by atoms with van der Waals surface area (Å²) in [5, 5.41) is 11.6. The molecule has 0 atom stereocenters. The first-order valence-corrected chi connectivity index (χ1v) is 7.16. The van der Waals surface area contributed by atoms with Crippen LogP contribution in [-0.4, -0.2) is 41.1 Å². The van der Waals surface area contributed by atoms with E-state index in [1.807, 2.05) is 0 Å². The van der Waals surface area contributed by atoms with Crippen molar-refractivity contribution < 1.29 is 14.7 Å². The van der Waals surface area contributed by atoms with Crippen molar-refractivity contribution in [3.05, 3.63) is 35.4 Å². The van der Waals surface area contributed by atoms with Crippen LogP contribution in [-0.2, 0) is 6.54 Å². The molecule has 1 saturated carbocycles. The zero-order valence-electron chi connectivity index (χ0n) is 11.9. The first kappa shape index (κ1) is 15.3. The summed E-state index contributed by atoms with van der Waals surface area (Å²) < 4.78 is 0. The molecule has 0 radical (unpaired) electrons. The number of carbonyl (C=O) groups excluding carboxylic acids is 2. The number of aliphatic hydroxyl groups is 1. The number of benzene rings is 1. The molecule has 1 aliphatic rings. The van der Waals surface area contributed by atoms with E-state index >= 15 is 0 Å². The van der Waals surface area contributed by atoms with Crippen LogP contribution >= 0.6 is 0 Å². The second-order valence-electron chi connectivity index (χ2n) is 5.22. The molecule has 3 amide bonds. The fourth-order valence-corrected chi connectivity index (χ4v) is 2.38. The molecule has 1 aliphatic carbocycles. The van der Waals surface area contributed by atoms with Crippen LogP contribution in [0.4, 0.5) is 4.79 Å². The summed E-state index contributed by atoms with van der Waals surface area (Å²) in [4.78, 5) is 24.9. The summed E-state index contributed by atoms with van der Waals surface area (Å²) in [6, 6.07) is 6.74. The van der Waals surface area contributed by atoms with Crippen molar-refractivity contribution in [2.24, 2.45) is 5.73 Å². The molecule has 0 bridgehead atoms. The number of aliphatic hydroxyl groups excluding tert-OH is 1.